The van der Waals surface area contributed by atoms with Gasteiger partial charge in [0.2, 0.25) is 5.95 Å². The van der Waals surface area contributed by atoms with Crippen LogP contribution in [0.1, 0.15) is 19.8 Å². The van der Waals surface area contributed by atoms with Gasteiger partial charge >= 0.3 is 0 Å². The lowest BCUT2D eigenvalue weighted by Crippen LogP contribution is -2.38. The molecule has 24 heavy (non-hydrogen) atoms. The van der Waals surface area contributed by atoms with Gasteiger partial charge in [0.05, 0.1) is 18.7 Å². The first kappa shape index (κ1) is 17.2. The lowest BCUT2D eigenvalue weighted by atomic mass is 9.99. The van der Waals surface area contributed by atoms with Crippen LogP contribution in [0.4, 0.5) is 11.8 Å². The van der Waals surface area contributed by atoms with Crippen LogP contribution in [0, 0.1) is 5.92 Å². The first-order valence-corrected chi connectivity index (χ1v) is 8.66. The van der Waals surface area contributed by atoms with Crippen molar-refractivity contribution in [1.29, 1.82) is 0 Å². The zero-order valence-corrected chi connectivity index (χ0v) is 15.0. The topological polar surface area (TPSA) is 41.5 Å². The predicted octanol–water partition coefficient (Wildman–Crippen LogP) is 3.12. The number of aromatic nitrogens is 2. The molecule has 6 heteroatoms. The molecule has 2 fully saturated rings. The summed E-state index contributed by atoms with van der Waals surface area (Å²) in [6, 6.07) is 8.37. The van der Waals surface area contributed by atoms with Crippen molar-refractivity contribution in [1.82, 2.24) is 9.97 Å². The number of anilines is 2. The molecule has 2 aliphatic heterocycles. The van der Waals surface area contributed by atoms with Crippen molar-refractivity contribution in [2.45, 2.75) is 19.8 Å². The molecule has 0 unspecified atom stereocenters. The van der Waals surface area contributed by atoms with Crippen LogP contribution < -0.4 is 9.80 Å². The zero-order chi connectivity index (χ0) is 15.6. The molecule has 2 aliphatic rings. The van der Waals surface area contributed by atoms with Crippen LogP contribution in [-0.4, -0.2) is 49.4 Å². The summed E-state index contributed by atoms with van der Waals surface area (Å²) in [5.74, 6) is 2.77. The van der Waals surface area contributed by atoms with E-state index in [1.807, 2.05) is 0 Å². The van der Waals surface area contributed by atoms with E-state index < -0.39 is 0 Å². The number of rotatable bonds is 2. The summed E-state index contributed by atoms with van der Waals surface area (Å²) in [7, 11) is 0. The van der Waals surface area contributed by atoms with E-state index in [0.717, 1.165) is 62.6 Å². The van der Waals surface area contributed by atoms with Crippen LogP contribution in [-0.2, 0) is 4.74 Å². The molecule has 4 rings (SSSR count). The molecule has 0 radical (unpaired) electrons. The number of para-hydroxylation sites is 1. The Bertz CT molecular complexity index is 682. The van der Waals surface area contributed by atoms with Crippen LogP contribution in [0.15, 0.2) is 24.3 Å². The molecule has 0 spiro atoms. The van der Waals surface area contributed by atoms with E-state index in [9.17, 15) is 0 Å². The number of hydrogen-bond donors (Lipinski definition) is 0. The highest BCUT2D eigenvalue weighted by molar-refractivity contribution is 5.90. The van der Waals surface area contributed by atoms with Crippen LogP contribution in [0.3, 0.4) is 0 Å². The third-order valence-electron chi connectivity index (χ3n) is 4.95. The fraction of sp³-hybridized carbons (Fsp3) is 0.556. The van der Waals surface area contributed by atoms with E-state index in [2.05, 4.69) is 41.0 Å². The summed E-state index contributed by atoms with van der Waals surface area (Å²) in [6.07, 6.45) is 2.48. The Morgan fingerprint density at radius 1 is 0.958 bits per heavy atom. The van der Waals surface area contributed by atoms with Crippen molar-refractivity contribution in [3.8, 4) is 0 Å². The Hall–Kier alpha value is -1.59. The second-order valence-corrected chi connectivity index (χ2v) is 6.63. The molecular formula is C18H25ClN4O. The van der Waals surface area contributed by atoms with E-state index in [1.54, 1.807) is 0 Å². The SMILES string of the molecule is CC1CCN(c2nc(N3CCOCC3)nc3ccccc23)CC1.Cl. The molecule has 0 saturated carbocycles. The van der Waals surface area contributed by atoms with Gasteiger partial charge in [-0.3, -0.25) is 0 Å². The standard InChI is InChI=1S/C18H24N4O.ClH/c1-14-6-8-21(9-7-14)17-15-4-2-3-5-16(15)19-18(20-17)22-10-12-23-13-11-22;/h2-5,14H,6-13H2,1H3;1H. The van der Waals surface area contributed by atoms with Crippen molar-refractivity contribution in [2.24, 2.45) is 5.92 Å². The molecule has 3 heterocycles. The summed E-state index contributed by atoms with van der Waals surface area (Å²) < 4.78 is 5.46. The van der Waals surface area contributed by atoms with Crippen molar-refractivity contribution in [2.75, 3.05) is 49.2 Å². The fourth-order valence-corrected chi connectivity index (χ4v) is 3.41. The molecule has 2 aromatic rings. The average Bonchev–Trinajstić information content (AvgIpc) is 2.62. The number of benzene rings is 1. The Kier molecular flexibility index (Phi) is 5.41. The molecule has 1 aromatic heterocycles. The minimum absolute atomic E-state index is 0. The molecule has 130 valence electrons. The van der Waals surface area contributed by atoms with E-state index in [-0.39, 0.29) is 12.4 Å². The summed E-state index contributed by atoms with van der Waals surface area (Å²) in [5, 5.41) is 1.17. The van der Waals surface area contributed by atoms with Crippen molar-refractivity contribution < 1.29 is 4.74 Å². The molecule has 0 aliphatic carbocycles. The monoisotopic (exact) mass is 348 g/mol. The van der Waals surface area contributed by atoms with Crippen LogP contribution in [0.5, 0.6) is 0 Å². The predicted molar refractivity (Wildman–Crippen MR) is 100 cm³/mol. The highest BCUT2D eigenvalue weighted by Crippen LogP contribution is 2.29. The lowest BCUT2D eigenvalue weighted by Gasteiger charge is -2.33. The van der Waals surface area contributed by atoms with E-state index in [4.69, 9.17) is 14.7 Å². The molecule has 1 aromatic carbocycles. The minimum atomic E-state index is 0. The van der Waals surface area contributed by atoms with Crippen molar-refractivity contribution in [3.63, 3.8) is 0 Å². The molecule has 0 bridgehead atoms. The Balaban J connectivity index is 0.00000169. The van der Waals surface area contributed by atoms with E-state index >= 15 is 0 Å². The maximum atomic E-state index is 5.46. The largest absolute Gasteiger partial charge is 0.378 e. The number of piperidine rings is 1. The first-order valence-electron chi connectivity index (χ1n) is 8.66. The number of morpholine rings is 1. The molecule has 2 saturated heterocycles. The quantitative estimate of drug-likeness (QED) is 0.834. The fourth-order valence-electron chi connectivity index (χ4n) is 3.41. The number of nitrogens with zero attached hydrogens (tertiary/aromatic N) is 4. The van der Waals surface area contributed by atoms with Gasteiger partial charge in [0, 0.05) is 31.6 Å². The summed E-state index contributed by atoms with van der Waals surface area (Å²) >= 11 is 0. The molecule has 0 amide bonds. The van der Waals surface area contributed by atoms with Gasteiger partial charge in [-0.05, 0) is 30.9 Å². The number of ether oxygens (including phenoxy) is 1. The Labute approximate surface area is 149 Å². The average molecular weight is 349 g/mol. The van der Waals surface area contributed by atoms with Crippen LogP contribution in [0.2, 0.25) is 0 Å². The van der Waals surface area contributed by atoms with Gasteiger partial charge in [0.1, 0.15) is 5.82 Å². The van der Waals surface area contributed by atoms with E-state index in [0.29, 0.717) is 0 Å². The summed E-state index contributed by atoms with van der Waals surface area (Å²) in [5.41, 5.74) is 1.04. The molecule has 0 N–H and O–H groups in total. The minimum Gasteiger partial charge on any atom is -0.378 e. The van der Waals surface area contributed by atoms with Crippen LogP contribution in [0.25, 0.3) is 10.9 Å². The Morgan fingerprint density at radius 2 is 1.67 bits per heavy atom. The maximum absolute atomic E-state index is 5.46. The van der Waals surface area contributed by atoms with Gasteiger partial charge in [-0.15, -0.1) is 12.4 Å². The third kappa shape index (κ3) is 3.42. The Morgan fingerprint density at radius 3 is 2.42 bits per heavy atom. The molecule has 0 atom stereocenters. The van der Waals surface area contributed by atoms with E-state index in [1.165, 1.54) is 18.2 Å². The first-order chi connectivity index (χ1) is 11.3. The number of fused-ring (bicyclic) bond motifs is 1. The van der Waals surface area contributed by atoms with Crippen molar-refractivity contribution in [3.05, 3.63) is 24.3 Å². The number of halogens is 1. The zero-order valence-electron chi connectivity index (χ0n) is 14.1. The smallest absolute Gasteiger partial charge is 0.228 e. The van der Waals surface area contributed by atoms with Gasteiger partial charge in [-0.1, -0.05) is 19.1 Å². The highest BCUT2D eigenvalue weighted by Gasteiger charge is 2.22. The van der Waals surface area contributed by atoms with Crippen molar-refractivity contribution >= 4 is 35.1 Å². The van der Waals surface area contributed by atoms with Gasteiger partial charge in [-0.25, -0.2) is 4.98 Å². The molecular weight excluding hydrogens is 324 g/mol. The van der Waals surface area contributed by atoms with Crippen LogP contribution >= 0.6 is 12.4 Å². The molecule has 5 nitrogen and oxygen atoms in total. The highest BCUT2D eigenvalue weighted by atomic mass is 35.5. The van der Waals surface area contributed by atoms with Gasteiger partial charge in [0.25, 0.3) is 0 Å². The normalized spacial score (nSPS) is 19.4. The van der Waals surface area contributed by atoms with Gasteiger partial charge < -0.3 is 14.5 Å². The maximum Gasteiger partial charge on any atom is 0.228 e. The van der Waals surface area contributed by atoms with Gasteiger partial charge in [-0.2, -0.15) is 4.98 Å². The second kappa shape index (κ2) is 7.53. The lowest BCUT2D eigenvalue weighted by molar-refractivity contribution is 0.122. The second-order valence-electron chi connectivity index (χ2n) is 6.63. The third-order valence-corrected chi connectivity index (χ3v) is 4.95. The number of hydrogen-bond acceptors (Lipinski definition) is 5. The summed E-state index contributed by atoms with van der Waals surface area (Å²) in [4.78, 5) is 14.4. The summed E-state index contributed by atoms with van der Waals surface area (Å²) in [6.45, 7) is 7.77. The van der Waals surface area contributed by atoms with Gasteiger partial charge in [0.15, 0.2) is 0 Å².